The molecule has 0 saturated carbocycles. The number of hydrogen-bond donors (Lipinski definition) is 2. The molecule has 17 heavy (non-hydrogen) atoms. The van der Waals surface area contributed by atoms with Gasteiger partial charge in [0, 0.05) is 5.56 Å². The van der Waals surface area contributed by atoms with Gasteiger partial charge in [-0.2, -0.15) is 0 Å². The summed E-state index contributed by atoms with van der Waals surface area (Å²) in [6.07, 6.45) is 5.02. The van der Waals surface area contributed by atoms with Gasteiger partial charge in [0.25, 0.3) is 5.91 Å². The van der Waals surface area contributed by atoms with Gasteiger partial charge in [0.15, 0.2) is 0 Å². The van der Waals surface area contributed by atoms with Crippen LogP contribution in [0.4, 0.5) is 0 Å². The molecule has 0 aromatic heterocycles. The Morgan fingerprint density at radius 3 is 2.59 bits per heavy atom. The van der Waals surface area contributed by atoms with E-state index >= 15 is 0 Å². The van der Waals surface area contributed by atoms with Crippen LogP contribution in [0.1, 0.15) is 17.3 Å². The molecule has 0 aliphatic rings. The summed E-state index contributed by atoms with van der Waals surface area (Å²) in [6, 6.07) is 8.09. The fourth-order valence-corrected chi connectivity index (χ4v) is 1.23. The SMILES string of the molecule is C#CCNC(=O)[C@H](C)NC(=O)c1ccccc1. The first-order valence-corrected chi connectivity index (χ1v) is 5.22. The number of nitrogens with one attached hydrogen (secondary N) is 2. The highest BCUT2D eigenvalue weighted by atomic mass is 16.2. The highest BCUT2D eigenvalue weighted by Crippen LogP contribution is 1.98. The fourth-order valence-electron chi connectivity index (χ4n) is 1.23. The monoisotopic (exact) mass is 230 g/mol. The molecule has 0 unspecified atom stereocenters. The van der Waals surface area contributed by atoms with Crippen LogP contribution in [0.5, 0.6) is 0 Å². The molecule has 1 aromatic carbocycles. The van der Waals surface area contributed by atoms with Gasteiger partial charge in [-0.1, -0.05) is 24.1 Å². The zero-order valence-electron chi connectivity index (χ0n) is 9.57. The third-order valence-corrected chi connectivity index (χ3v) is 2.14. The minimum absolute atomic E-state index is 0.157. The molecule has 0 fully saturated rings. The second kappa shape index (κ2) is 6.33. The van der Waals surface area contributed by atoms with Crippen LogP contribution in [-0.2, 0) is 4.79 Å². The van der Waals surface area contributed by atoms with Crippen LogP contribution in [0, 0.1) is 12.3 Å². The van der Waals surface area contributed by atoms with Crippen molar-refractivity contribution in [1.82, 2.24) is 10.6 Å². The molecule has 0 saturated heterocycles. The van der Waals surface area contributed by atoms with Gasteiger partial charge in [0.2, 0.25) is 5.91 Å². The third kappa shape index (κ3) is 3.99. The number of amides is 2. The summed E-state index contributed by atoms with van der Waals surface area (Å²) in [4.78, 5) is 23.1. The number of hydrogen-bond acceptors (Lipinski definition) is 2. The maximum atomic E-state index is 11.7. The smallest absolute Gasteiger partial charge is 0.251 e. The van der Waals surface area contributed by atoms with Crippen molar-refractivity contribution in [2.75, 3.05) is 6.54 Å². The predicted octanol–water partition coefficient (Wildman–Crippen LogP) is 0.554. The number of carbonyl (C=O) groups excluding carboxylic acids is 2. The minimum atomic E-state index is -0.615. The average Bonchev–Trinajstić information content (AvgIpc) is 2.36. The van der Waals surface area contributed by atoms with Crippen molar-refractivity contribution < 1.29 is 9.59 Å². The number of rotatable bonds is 4. The zero-order valence-corrected chi connectivity index (χ0v) is 9.57. The Balaban J connectivity index is 2.52. The molecule has 2 amide bonds. The second-order valence-corrected chi connectivity index (χ2v) is 3.48. The molecule has 2 N–H and O–H groups in total. The van der Waals surface area contributed by atoms with Crippen molar-refractivity contribution in [3.05, 3.63) is 35.9 Å². The lowest BCUT2D eigenvalue weighted by molar-refractivity contribution is -0.122. The zero-order chi connectivity index (χ0) is 12.7. The maximum Gasteiger partial charge on any atom is 0.251 e. The standard InChI is InChI=1S/C13H14N2O2/c1-3-9-14-12(16)10(2)15-13(17)11-7-5-4-6-8-11/h1,4-8,10H,9H2,2H3,(H,14,16)(H,15,17)/t10-/m0/s1. The van der Waals surface area contributed by atoms with Crippen LogP contribution in [-0.4, -0.2) is 24.4 Å². The Hall–Kier alpha value is -2.28. The van der Waals surface area contributed by atoms with E-state index in [2.05, 4.69) is 16.6 Å². The topological polar surface area (TPSA) is 58.2 Å². The molecule has 0 aliphatic carbocycles. The quantitative estimate of drug-likeness (QED) is 0.742. The van der Waals surface area contributed by atoms with E-state index in [1.165, 1.54) is 0 Å². The highest BCUT2D eigenvalue weighted by Gasteiger charge is 2.15. The van der Waals surface area contributed by atoms with E-state index in [1.807, 2.05) is 6.07 Å². The molecular formula is C13H14N2O2. The first-order valence-electron chi connectivity index (χ1n) is 5.22. The number of terminal acetylenes is 1. The maximum absolute atomic E-state index is 11.7. The average molecular weight is 230 g/mol. The van der Waals surface area contributed by atoms with Crippen molar-refractivity contribution >= 4 is 11.8 Å². The van der Waals surface area contributed by atoms with Gasteiger partial charge in [-0.3, -0.25) is 9.59 Å². The van der Waals surface area contributed by atoms with Crippen molar-refractivity contribution in [3.8, 4) is 12.3 Å². The molecule has 4 nitrogen and oxygen atoms in total. The van der Waals surface area contributed by atoms with E-state index in [4.69, 9.17) is 6.42 Å². The predicted molar refractivity (Wildman–Crippen MR) is 65.2 cm³/mol. The Morgan fingerprint density at radius 1 is 1.35 bits per heavy atom. The molecule has 1 atom stereocenters. The summed E-state index contributed by atoms with van der Waals surface area (Å²) in [5.41, 5.74) is 0.518. The van der Waals surface area contributed by atoms with Gasteiger partial charge < -0.3 is 10.6 Å². The lowest BCUT2D eigenvalue weighted by Gasteiger charge is -2.12. The lowest BCUT2D eigenvalue weighted by Crippen LogP contribution is -2.44. The highest BCUT2D eigenvalue weighted by molar-refractivity contribution is 5.97. The molecule has 0 bridgehead atoms. The molecule has 0 spiro atoms. The van der Waals surface area contributed by atoms with E-state index in [-0.39, 0.29) is 18.4 Å². The summed E-state index contributed by atoms with van der Waals surface area (Å²) < 4.78 is 0. The minimum Gasteiger partial charge on any atom is -0.343 e. The third-order valence-electron chi connectivity index (χ3n) is 2.14. The molecule has 0 radical (unpaired) electrons. The molecule has 0 aliphatic heterocycles. The normalized spacial score (nSPS) is 11.1. The van der Waals surface area contributed by atoms with Crippen LogP contribution in [0.15, 0.2) is 30.3 Å². The van der Waals surface area contributed by atoms with Crippen molar-refractivity contribution in [2.24, 2.45) is 0 Å². The second-order valence-electron chi connectivity index (χ2n) is 3.48. The van der Waals surface area contributed by atoms with E-state index in [0.29, 0.717) is 5.56 Å². The van der Waals surface area contributed by atoms with Crippen LogP contribution in [0.2, 0.25) is 0 Å². The van der Waals surface area contributed by atoms with Gasteiger partial charge in [-0.25, -0.2) is 0 Å². The van der Waals surface area contributed by atoms with Crippen molar-refractivity contribution in [2.45, 2.75) is 13.0 Å². The van der Waals surface area contributed by atoms with E-state index in [1.54, 1.807) is 31.2 Å². The Kier molecular flexibility index (Phi) is 4.77. The Labute approximate surface area is 100 Å². The molecule has 1 rings (SSSR count). The largest absolute Gasteiger partial charge is 0.343 e. The van der Waals surface area contributed by atoms with Gasteiger partial charge in [0.1, 0.15) is 6.04 Å². The summed E-state index contributed by atoms with van der Waals surface area (Å²) >= 11 is 0. The Bertz CT molecular complexity index is 434. The van der Waals surface area contributed by atoms with Gasteiger partial charge in [-0.15, -0.1) is 6.42 Å². The van der Waals surface area contributed by atoms with Gasteiger partial charge >= 0.3 is 0 Å². The molecule has 0 heterocycles. The number of carbonyl (C=O) groups is 2. The fraction of sp³-hybridized carbons (Fsp3) is 0.231. The molecule has 1 aromatic rings. The van der Waals surface area contributed by atoms with E-state index in [0.717, 1.165) is 0 Å². The van der Waals surface area contributed by atoms with E-state index in [9.17, 15) is 9.59 Å². The number of benzene rings is 1. The summed E-state index contributed by atoms with van der Waals surface area (Å²) in [5.74, 6) is 1.71. The van der Waals surface area contributed by atoms with Gasteiger partial charge in [-0.05, 0) is 19.1 Å². The summed E-state index contributed by atoms with van der Waals surface area (Å²) in [6.45, 7) is 1.76. The Morgan fingerprint density at radius 2 is 2.00 bits per heavy atom. The summed E-state index contributed by atoms with van der Waals surface area (Å²) in [7, 11) is 0. The first kappa shape index (κ1) is 12.8. The molecule has 4 heteroatoms. The van der Waals surface area contributed by atoms with Crippen LogP contribution >= 0.6 is 0 Å². The lowest BCUT2D eigenvalue weighted by atomic mass is 10.2. The van der Waals surface area contributed by atoms with Crippen molar-refractivity contribution in [3.63, 3.8) is 0 Å². The van der Waals surface area contributed by atoms with Gasteiger partial charge in [0.05, 0.1) is 6.54 Å². The van der Waals surface area contributed by atoms with Crippen LogP contribution in [0.25, 0.3) is 0 Å². The van der Waals surface area contributed by atoms with Crippen LogP contribution < -0.4 is 10.6 Å². The summed E-state index contributed by atoms with van der Waals surface area (Å²) in [5, 5.41) is 5.08. The molecular weight excluding hydrogens is 216 g/mol. The van der Waals surface area contributed by atoms with Crippen LogP contribution in [0.3, 0.4) is 0 Å². The van der Waals surface area contributed by atoms with E-state index < -0.39 is 6.04 Å². The van der Waals surface area contributed by atoms with Crippen molar-refractivity contribution in [1.29, 1.82) is 0 Å². The molecule has 88 valence electrons. The first-order chi connectivity index (χ1) is 8.15.